The van der Waals surface area contributed by atoms with Crippen LogP contribution in [-0.4, -0.2) is 16.8 Å². The number of anilines is 1. The molecule has 1 aliphatic rings. The lowest BCUT2D eigenvalue weighted by Gasteiger charge is -2.16. The van der Waals surface area contributed by atoms with E-state index in [2.05, 4.69) is 15.9 Å². The van der Waals surface area contributed by atoms with E-state index in [9.17, 15) is 9.18 Å². The third-order valence-electron chi connectivity index (χ3n) is 4.91. The lowest BCUT2D eigenvalue weighted by atomic mass is 10.1. The third-order valence-corrected chi connectivity index (χ3v) is 7.46. The van der Waals surface area contributed by atoms with Gasteiger partial charge in [0.1, 0.15) is 12.4 Å². The van der Waals surface area contributed by atoms with Crippen LogP contribution in [0, 0.1) is 5.82 Å². The molecule has 0 saturated carbocycles. The highest BCUT2D eigenvalue weighted by molar-refractivity contribution is 9.10. The molecule has 1 saturated heterocycles. The maximum absolute atomic E-state index is 13.6. The summed E-state index contributed by atoms with van der Waals surface area (Å²) in [6, 6.07) is 15.1. The van der Waals surface area contributed by atoms with Gasteiger partial charge in [-0.2, -0.15) is 0 Å². The molecule has 3 aromatic rings. The smallest absolute Gasteiger partial charge is 0.270 e. The van der Waals surface area contributed by atoms with Crippen LogP contribution in [0.25, 0.3) is 6.08 Å². The van der Waals surface area contributed by atoms with Crippen LogP contribution in [-0.2, 0) is 11.4 Å². The van der Waals surface area contributed by atoms with Crippen molar-refractivity contribution < 1.29 is 18.7 Å². The van der Waals surface area contributed by atoms with Crippen molar-refractivity contribution in [2.75, 3.05) is 11.5 Å². The Morgan fingerprint density at radius 1 is 1.11 bits per heavy atom. The first-order valence-corrected chi connectivity index (χ1v) is 13.1. The Balaban J connectivity index is 1.61. The SMILES string of the molecule is CCOc1cc(/C=C2/SC(=S)N(c3ccc(F)c(Cl)c3)C2=O)cc(Br)c1OCc1ccccc1Cl. The van der Waals surface area contributed by atoms with Crippen molar-refractivity contribution in [2.45, 2.75) is 13.5 Å². The zero-order valence-corrected chi connectivity index (χ0v) is 22.9. The number of carbonyl (C=O) groups excluding carboxylic acids is 1. The Bertz CT molecular complexity index is 1350. The summed E-state index contributed by atoms with van der Waals surface area (Å²) in [5.74, 6) is 0.149. The van der Waals surface area contributed by atoms with Gasteiger partial charge in [0.25, 0.3) is 5.91 Å². The van der Waals surface area contributed by atoms with E-state index >= 15 is 0 Å². The molecule has 0 unspecified atom stereocenters. The first-order valence-electron chi connectivity index (χ1n) is 10.3. The van der Waals surface area contributed by atoms with Gasteiger partial charge in [-0.05, 0) is 70.9 Å². The van der Waals surface area contributed by atoms with E-state index < -0.39 is 5.82 Å². The van der Waals surface area contributed by atoms with Crippen LogP contribution in [0.15, 0.2) is 64.0 Å². The molecule has 0 N–H and O–H groups in total. The number of hydrogen-bond donors (Lipinski definition) is 0. The molecule has 0 aromatic heterocycles. The number of carbonyl (C=O) groups is 1. The van der Waals surface area contributed by atoms with Gasteiger partial charge in [0.2, 0.25) is 0 Å². The fourth-order valence-corrected chi connectivity index (χ4v) is 5.54. The molecule has 1 aliphatic heterocycles. The lowest BCUT2D eigenvalue weighted by molar-refractivity contribution is -0.113. The summed E-state index contributed by atoms with van der Waals surface area (Å²) in [6.07, 6.45) is 1.72. The van der Waals surface area contributed by atoms with E-state index in [0.29, 0.717) is 48.1 Å². The molecule has 1 heterocycles. The number of benzene rings is 3. The van der Waals surface area contributed by atoms with E-state index in [0.717, 1.165) is 17.3 Å². The normalized spacial score (nSPS) is 14.7. The first kappa shape index (κ1) is 26.0. The standard InChI is InChI=1S/C25H17BrCl2FNO3S2/c1-2-32-21-10-14(9-17(26)23(21)33-13-15-5-3-4-6-18(15)27)11-22-24(31)30(25(34)35-22)16-7-8-20(29)19(28)12-16/h3-12H,2,13H2,1H3/b22-11+. The van der Waals surface area contributed by atoms with Gasteiger partial charge >= 0.3 is 0 Å². The molecular weight excluding hydrogens is 596 g/mol. The molecular formula is C25H17BrCl2FNO3S2. The van der Waals surface area contributed by atoms with Crippen LogP contribution in [0.4, 0.5) is 10.1 Å². The van der Waals surface area contributed by atoms with Gasteiger partial charge in [0.15, 0.2) is 15.8 Å². The lowest BCUT2D eigenvalue weighted by Crippen LogP contribution is -2.27. The third kappa shape index (κ3) is 5.84. The number of rotatable bonds is 7. The molecule has 1 fully saturated rings. The Morgan fingerprint density at radius 3 is 2.60 bits per heavy atom. The van der Waals surface area contributed by atoms with E-state index in [1.54, 1.807) is 18.2 Å². The van der Waals surface area contributed by atoms with Crippen LogP contribution in [0.1, 0.15) is 18.1 Å². The minimum absolute atomic E-state index is 0.0850. The highest BCUT2D eigenvalue weighted by Gasteiger charge is 2.33. The quantitative estimate of drug-likeness (QED) is 0.198. The van der Waals surface area contributed by atoms with Crippen molar-refractivity contribution in [1.29, 1.82) is 0 Å². The summed E-state index contributed by atoms with van der Waals surface area (Å²) in [6.45, 7) is 2.56. The molecule has 0 atom stereocenters. The average molecular weight is 613 g/mol. The second-order valence-electron chi connectivity index (χ2n) is 7.26. The van der Waals surface area contributed by atoms with Gasteiger partial charge < -0.3 is 9.47 Å². The largest absolute Gasteiger partial charge is 0.490 e. The van der Waals surface area contributed by atoms with E-state index in [1.807, 2.05) is 31.2 Å². The number of hydrogen-bond acceptors (Lipinski definition) is 5. The fraction of sp³-hybridized carbons (Fsp3) is 0.120. The zero-order valence-electron chi connectivity index (χ0n) is 18.2. The van der Waals surface area contributed by atoms with Gasteiger partial charge in [-0.1, -0.05) is 65.4 Å². The average Bonchev–Trinajstić information content (AvgIpc) is 3.09. The highest BCUT2D eigenvalue weighted by Crippen LogP contribution is 2.41. The minimum atomic E-state index is -0.568. The summed E-state index contributed by atoms with van der Waals surface area (Å²) < 4.78 is 26.4. The van der Waals surface area contributed by atoms with Crippen molar-refractivity contribution in [1.82, 2.24) is 0 Å². The molecule has 0 aliphatic carbocycles. The second kappa shape index (κ2) is 11.3. The molecule has 3 aromatic carbocycles. The zero-order chi connectivity index (χ0) is 25.1. The molecule has 0 radical (unpaired) electrons. The number of thioether (sulfide) groups is 1. The van der Waals surface area contributed by atoms with Crippen molar-refractivity contribution >= 4 is 85.1 Å². The number of halogens is 4. The highest BCUT2D eigenvalue weighted by atomic mass is 79.9. The van der Waals surface area contributed by atoms with Crippen LogP contribution < -0.4 is 14.4 Å². The fourth-order valence-electron chi connectivity index (χ4n) is 3.31. The molecule has 1 amide bonds. The van der Waals surface area contributed by atoms with Crippen LogP contribution in [0.2, 0.25) is 10.0 Å². The predicted molar refractivity (Wildman–Crippen MR) is 148 cm³/mol. The van der Waals surface area contributed by atoms with Crippen LogP contribution in [0.5, 0.6) is 11.5 Å². The van der Waals surface area contributed by atoms with E-state index in [4.69, 9.17) is 44.9 Å². The predicted octanol–water partition coefficient (Wildman–Crippen LogP) is 8.28. The summed E-state index contributed by atoms with van der Waals surface area (Å²) in [7, 11) is 0. The monoisotopic (exact) mass is 611 g/mol. The summed E-state index contributed by atoms with van der Waals surface area (Å²) in [5.41, 5.74) is 1.96. The van der Waals surface area contributed by atoms with Gasteiger partial charge in [0, 0.05) is 10.6 Å². The Hall–Kier alpha value is -2.10. The van der Waals surface area contributed by atoms with Crippen LogP contribution >= 0.6 is 63.1 Å². The molecule has 180 valence electrons. The Kier molecular flexibility index (Phi) is 8.39. The van der Waals surface area contributed by atoms with Gasteiger partial charge in [-0.25, -0.2) is 4.39 Å². The molecule has 10 heteroatoms. The Morgan fingerprint density at radius 2 is 1.89 bits per heavy atom. The summed E-state index contributed by atoms with van der Waals surface area (Å²) >= 11 is 22.2. The molecule has 4 rings (SSSR count). The van der Waals surface area contributed by atoms with Gasteiger partial charge in [-0.15, -0.1) is 0 Å². The summed E-state index contributed by atoms with van der Waals surface area (Å²) in [4.78, 5) is 14.8. The summed E-state index contributed by atoms with van der Waals surface area (Å²) in [5, 5.41) is 0.529. The maximum Gasteiger partial charge on any atom is 0.270 e. The number of thiocarbonyl (C=S) groups is 1. The maximum atomic E-state index is 13.6. The number of nitrogens with zero attached hydrogens (tertiary/aromatic N) is 1. The van der Waals surface area contributed by atoms with Crippen molar-refractivity contribution in [3.63, 3.8) is 0 Å². The van der Waals surface area contributed by atoms with Crippen molar-refractivity contribution in [3.8, 4) is 11.5 Å². The van der Waals surface area contributed by atoms with Crippen molar-refractivity contribution in [3.05, 3.63) is 91.0 Å². The molecule has 0 bridgehead atoms. The molecule has 0 spiro atoms. The Labute approximate surface area is 230 Å². The molecule has 35 heavy (non-hydrogen) atoms. The van der Waals surface area contributed by atoms with Crippen LogP contribution in [0.3, 0.4) is 0 Å². The van der Waals surface area contributed by atoms with E-state index in [1.165, 1.54) is 23.1 Å². The minimum Gasteiger partial charge on any atom is -0.490 e. The second-order valence-corrected chi connectivity index (χ2v) is 10.6. The van der Waals surface area contributed by atoms with E-state index in [-0.39, 0.29) is 17.5 Å². The topological polar surface area (TPSA) is 38.8 Å². The van der Waals surface area contributed by atoms with Gasteiger partial charge in [0.05, 0.1) is 26.7 Å². The number of ether oxygens (including phenoxy) is 2. The van der Waals surface area contributed by atoms with Gasteiger partial charge in [-0.3, -0.25) is 9.69 Å². The first-order chi connectivity index (χ1) is 16.8. The molecule has 4 nitrogen and oxygen atoms in total. The number of amides is 1. The van der Waals surface area contributed by atoms with Crippen molar-refractivity contribution in [2.24, 2.45) is 0 Å².